The van der Waals surface area contributed by atoms with Gasteiger partial charge < -0.3 is 10.1 Å². The number of hydrogen-bond donors (Lipinski definition) is 2. The Balaban J connectivity index is 2.25. The van der Waals surface area contributed by atoms with Crippen molar-refractivity contribution in [1.82, 2.24) is 4.98 Å². The quantitative estimate of drug-likeness (QED) is 0.876. The maximum atomic E-state index is 12.3. The Morgan fingerprint density at radius 3 is 2.45 bits per heavy atom. The van der Waals surface area contributed by atoms with Gasteiger partial charge >= 0.3 is 0 Å². The van der Waals surface area contributed by atoms with Crippen molar-refractivity contribution in [2.24, 2.45) is 0 Å². The zero-order valence-electron chi connectivity index (χ0n) is 12.0. The Bertz CT molecular complexity index is 773. The van der Waals surface area contributed by atoms with Gasteiger partial charge in [-0.3, -0.25) is 9.52 Å². The molecule has 2 N–H and O–H groups in total. The second-order valence-corrected chi connectivity index (χ2v) is 6.05. The van der Waals surface area contributed by atoms with Crippen LogP contribution >= 0.6 is 0 Å². The molecule has 0 aliphatic rings. The highest BCUT2D eigenvalue weighted by Gasteiger charge is 2.16. The van der Waals surface area contributed by atoms with Crippen LogP contribution in [0.25, 0.3) is 0 Å². The van der Waals surface area contributed by atoms with Crippen molar-refractivity contribution in [2.75, 3.05) is 17.1 Å². The summed E-state index contributed by atoms with van der Waals surface area (Å²) < 4.78 is 32.1. The van der Waals surface area contributed by atoms with Crippen molar-refractivity contribution < 1.29 is 17.9 Å². The third-order valence-corrected chi connectivity index (χ3v) is 4.08. The number of hydrogen-bond acceptors (Lipinski definition) is 5. The third kappa shape index (κ3) is 3.73. The van der Waals surface area contributed by atoms with Crippen LogP contribution in [0.3, 0.4) is 0 Å². The first-order chi connectivity index (χ1) is 10.4. The summed E-state index contributed by atoms with van der Waals surface area (Å²) in [6.45, 7) is 1.38. The van der Waals surface area contributed by atoms with Crippen LogP contribution in [-0.4, -0.2) is 26.4 Å². The lowest BCUT2D eigenvalue weighted by Crippen LogP contribution is -2.14. The highest BCUT2D eigenvalue weighted by atomic mass is 32.2. The van der Waals surface area contributed by atoms with Crippen LogP contribution in [0.4, 0.5) is 11.4 Å². The van der Waals surface area contributed by atoms with Gasteiger partial charge in [0.2, 0.25) is 11.8 Å². The maximum absolute atomic E-state index is 12.3. The molecule has 22 heavy (non-hydrogen) atoms. The molecule has 1 heterocycles. The molecule has 0 fully saturated rings. The van der Waals surface area contributed by atoms with Crippen molar-refractivity contribution in [2.45, 2.75) is 11.8 Å². The first-order valence-corrected chi connectivity index (χ1v) is 7.80. The highest BCUT2D eigenvalue weighted by molar-refractivity contribution is 7.92. The minimum Gasteiger partial charge on any atom is -0.480 e. The van der Waals surface area contributed by atoms with Gasteiger partial charge in [0.25, 0.3) is 10.0 Å². The van der Waals surface area contributed by atoms with Crippen molar-refractivity contribution >= 4 is 27.3 Å². The fraction of sp³-hybridized carbons (Fsp3) is 0.143. The number of carbonyl (C=O) groups is 1. The molecule has 2 aromatic rings. The standard InChI is InChI=1S/C14H15N3O4S/c1-10(18)16-11-5-7-12(8-6-11)22(19,20)17-13-4-3-9-15-14(13)21-2/h3-9,17H,1-2H3,(H,16,18). The van der Waals surface area contributed by atoms with E-state index >= 15 is 0 Å². The molecule has 1 aromatic heterocycles. The maximum Gasteiger partial charge on any atom is 0.262 e. The largest absolute Gasteiger partial charge is 0.480 e. The van der Waals surface area contributed by atoms with Crippen molar-refractivity contribution in [3.63, 3.8) is 0 Å². The summed E-state index contributed by atoms with van der Waals surface area (Å²) in [5, 5.41) is 2.57. The first kappa shape index (κ1) is 15.8. The van der Waals surface area contributed by atoms with Gasteiger partial charge in [-0.25, -0.2) is 13.4 Å². The number of methoxy groups -OCH3 is 1. The topological polar surface area (TPSA) is 97.4 Å². The molecular weight excluding hydrogens is 306 g/mol. The summed E-state index contributed by atoms with van der Waals surface area (Å²) >= 11 is 0. The molecule has 0 atom stereocenters. The summed E-state index contributed by atoms with van der Waals surface area (Å²) in [6.07, 6.45) is 1.50. The summed E-state index contributed by atoms with van der Waals surface area (Å²) in [6, 6.07) is 8.97. The number of pyridine rings is 1. The average molecular weight is 321 g/mol. The van der Waals surface area contributed by atoms with Crippen molar-refractivity contribution in [1.29, 1.82) is 0 Å². The Hall–Kier alpha value is -2.61. The Morgan fingerprint density at radius 1 is 1.18 bits per heavy atom. The van der Waals surface area contributed by atoms with Crippen LogP contribution in [0.2, 0.25) is 0 Å². The molecule has 0 spiro atoms. The summed E-state index contributed by atoms with van der Waals surface area (Å²) in [7, 11) is -2.37. The minimum absolute atomic E-state index is 0.0625. The fourth-order valence-electron chi connectivity index (χ4n) is 1.76. The predicted octanol–water partition coefficient (Wildman–Crippen LogP) is 1.85. The van der Waals surface area contributed by atoms with Crippen LogP contribution in [0, 0.1) is 0 Å². The number of ether oxygens (including phenoxy) is 1. The number of benzene rings is 1. The molecule has 7 nitrogen and oxygen atoms in total. The summed E-state index contributed by atoms with van der Waals surface area (Å²) in [5.74, 6) is -0.0465. The molecule has 0 unspecified atom stereocenters. The van der Waals surface area contributed by atoms with E-state index in [9.17, 15) is 13.2 Å². The Kier molecular flexibility index (Phi) is 4.62. The number of nitrogens with zero attached hydrogens (tertiary/aromatic N) is 1. The summed E-state index contributed by atoms with van der Waals surface area (Å²) in [4.78, 5) is 14.9. The van der Waals surface area contributed by atoms with E-state index in [1.807, 2.05) is 0 Å². The number of amides is 1. The lowest BCUT2D eigenvalue weighted by atomic mass is 10.3. The molecule has 0 aliphatic heterocycles. The normalized spacial score (nSPS) is 10.8. The molecular formula is C14H15N3O4S. The van der Waals surface area contributed by atoms with E-state index in [1.165, 1.54) is 44.5 Å². The molecule has 0 bridgehead atoms. The molecule has 0 saturated heterocycles. The average Bonchev–Trinajstić information content (AvgIpc) is 2.47. The molecule has 0 saturated carbocycles. The van der Waals surface area contributed by atoms with Crippen LogP contribution in [0.5, 0.6) is 5.88 Å². The number of nitrogens with one attached hydrogen (secondary N) is 2. The molecule has 0 radical (unpaired) electrons. The lowest BCUT2D eigenvalue weighted by molar-refractivity contribution is -0.114. The smallest absolute Gasteiger partial charge is 0.262 e. The SMILES string of the molecule is COc1ncccc1NS(=O)(=O)c1ccc(NC(C)=O)cc1. The summed E-state index contributed by atoms with van der Waals surface area (Å²) in [5.41, 5.74) is 0.765. The number of sulfonamides is 1. The fourth-order valence-corrected chi connectivity index (χ4v) is 2.81. The van der Waals surface area contributed by atoms with E-state index in [2.05, 4.69) is 15.0 Å². The van der Waals surface area contributed by atoms with E-state index in [0.717, 1.165) is 0 Å². The highest BCUT2D eigenvalue weighted by Crippen LogP contribution is 2.24. The van der Waals surface area contributed by atoms with Gasteiger partial charge in [0.1, 0.15) is 5.69 Å². The second-order valence-electron chi connectivity index (χ2n) is 4.37. The molecule has 1 amide bonds. The van der Waals surface area contributed by atoms with Crippen LogP contribution < -0.4 is 14.8 Å². The monoisotopic (exact) mass is 321 g/mol. The van der Waals surface area contributed by atoms with Crippen molar-refractivity contribution in [3.8, 4) is 5.88 Å². The molecule has 2 rings (SSSR count). The molecule has 0 aliphatic carbocycles. The van der Waals surface area contributed by atoms with Gasteiger partial charge in [0.15, 0.2) is 0 Å². The van der Waals surface area contributed by atoms with Gasteiger partial charge in [-0.1, -0.05) is 0 Å². The number of aromatic nitrogens is 1. The number of rotatable bonds is 5. The number of carbonyl (C=O) groups excluding carboxylic acids is 1. The molecule has 116 valence electrons. The van der Waals surface area contributed by atoms with E-state index in [-0.39, 0.29) is 22.4 Å². The number of anilines is 2. The van der Waals surface area contributed by atoms with Gasteiger partial charge in [0.05, 0.1) is 12.0 Å². The molecule has 8 heteroatoms. The Morgan fingerprint density at radius 2 is 1.86 bits per heavy atom. The Labute approximate surface area is 128 Å². The minimum atomic E-state index is -3.77. The zero-order valence-corrected chi connectivity index (χ0v) is 12.8. The molecule has 1 aromatic carbocycles. The third-order valence-electron chi connectivity index (χ3n) is 2.69. The van der Waals surface area contributed by atoms with Gasteiger partial charge in [-0.05, 0) is 36.4 Å². The van der Waals surface area contributed by atoms with Gasteiger partial charge in [-0.2, -0.15) is 0 Å². The van der Waals surface area contributed by atoms with Crippen LogP contribution in [0.1, 0.15) is 6.92 Å². The zero-order chi connectivity index (χ0) is 16.2. The second kappa shape index (κ2) is 6.44. The van der Waals surface area contributed by atoms with Crippen LogP contribution in [0.15, 0.2) is 47.5 Å². The van der Waals surface area contributed by atoms with E-state index in [1.54, 1.807) is 12.1 Å². The van der Waals surface area contributed by atoms with E-state index in [4.69, 9.17) is 4.74 Å². The first-order valence-electron chi connectivity index (χ1n) is 6.32. The predicted molar refractivity (Wildman–Crippen MR) is 82.3 cm³/mol. The van der Waals surface area contributed by atoms with E-state index in [0.29, 0.717) is 5.69 Å². The van der Waals surface area contributed by atoms with Gasteiger partial charge in [-0.15, -0.1) is 0 Å². The lowest BCUT2D eigenvalue weighted by Gasteiger charge is -2.11. The van der Waals surface area contributed by atoms with Crippen LogP contribution in [-0.2, 0) is 14.8 Å². The van der Waals surface area contributed by atoms with Crippen molar-refractivity contribution in [3.05, 3.63) is 42.6 Å². The van der Waals surface area contributed by atoms with E-state index < -0.39 is 10.0 Å². The van der Waals surface area contributed by atoms with Gasteiger partial charge in [0, 0.05) is 18.8 Å².